The van der Waals surface area contributed by atoms with Crippen molar-refractivity contribution in [2.75, 3.05) is 0 Å². The summed E-state index contributed by atoms with van der Waals surface area (Å²) in [7, 11) is 0. The fourth-order valence-electron chi connectivity index (χ4n) is 10.6. The minimum Gasteiger partial charge on any atom is -0.309 e. The van der Waals surface area contributed by atoms with E-state index < -0.39 is 0 Å². The molecule has 0 aliphatic rings. The molecule has 4 heteroatoms. The molecular formula is C61H39N3O. The molecule has 0 saturated carbocycles. The third kappa shape index (κ3) is 5.41. The lowest BCUT2D eigenvalue weighted by Crippen LogP contribution is -2.17. The van der Waals surface area contributed by atoms with Gasteiger partial charge in [-0.05, 0) is 118 Å². The van der Waals surface area contributed by atoms with Crippen molar-refractivity contribution in [2.45, 2.75) is 0 Å². The Bertz CT molecular complexity index is 4150. The van der Waals surface area contributed by atoms with Crippen LogP contribution in [0.25, 0.3) is 128 Å². The second-order valence-corrected chi connectivity index (χ2v) is 16.9. The van der Waals surface area contributed by atoms with Crippen LogP contribution in [0, 0.1) is 0 Å². The molecule has 0 aliphatic carbocycles. The molecule has 9 aromatic carbocycles. The van der Waals surface area contributed by atoms with E-state index in [4.69, 9.17) is 0 Å². The first-order valence-electron chi connectivity index (χ1n) is 22.0. The van der Waals surface area contributed by atoms with Crippen LogP contribution in [0.15, 0.2) is 218 Å². The summed E-state index contributed by atoms with van der Waals surface area (Å²) in [5.74, 6) is 0. The van der Waals surface area contributed by atoms with Crippen molar-refractivity contribution in [3.8, 4) is 44.8 Å². The molecule has 65 heavy (non-hydrogen) atoms. The number of fused-ring (bicyclic) bond motifs is 9. The van der Waals surface area contributed by atoms with Crippen molar-refractivity contribution in [1.82, 2.24) is 13.5 Å². The van der Waals surface area contributed by atoms with E-state index in [1.54, 1.807) is 12.2 Å². The highest BCUT2D eigenvalue weighted by molar-refractivity contribution is 6.17. The number of hydrogen-bond acceptors (Lipinski definition) is 1. The molecule has 0 amide bonds. The largest absolute Gasteiger partial charge is 0.309 e. The zero-order valence-electron chi connectivity index (χ0n) is 35.4. The van der Waals surface area contributed by atoms with E-state index in [1.165, 1.54) is 54.8 Å². The number of nitrogens with zero attached hydrogens (tertiary/aromatic N) is 3. The molecule has 4 heterocycles. The topological polar surface area (TPSA) is 31.3 Å². The molecule has 13 aromatic rings. The second kappa shape index (κ2) is 14.1. The van der Waals surface area contributed by atoms with Gasteiger partial charge in [0.05, 0.1) is 33.1 Å². The molecule has 0 fully saturated rings. The predicted molar refractivity (Wildman–Crippen MR) is 275 cm³/mol. The number of benzene rings is 9. The van der Waals surface area contributed by atoms with Gasteiger partial charge in [0, 0.05) is 54.6 Å². The molecule has 0 radical (unpaired) electrons. The van der Waals surface area contributed by atoms with Crippen molar-refractivity contribution >= 4 is 83.0 Å². The number of pyridine rings is 1. The Morgan fingerprint density at radius 1 is 0.323 bits per heavy atom. The first-order chi connectivity index (χ1) is 32.1. The van der Waals surface area contributed by atoms with Crippen molar-refractivity contribution in [1.29, 1.82) is 0 Å². The van der Waals surface area contributed by atoms with Crippen LogP contribution in [0.3, 0.4) is 0 Å². The number of aromatic nitrogens is 3. The summed E-state index contributed by atoms with van der Waals surface area (Å²) in [5.41, 5.74) is 17.0. The highest BCUT2D eigenvalue weighted by atomic mass is 16.1. The van der Waals surface area contributed by atoms with Crippen LogP contribution in [0.2, 0.25) is 0 Å². The van der Waals surface area contributed by atoms with E-state index in [-0.39, 0.29) is 5.56 Å². The molecule has 0 N–H and O–H groups in total. The molecule has 0 spiro atoms. The Balaban J connectivity index is 0.916. The van der Waals surface area contributed by atoms with Crippen LogP contribution in [-0.2, 0) is 0 Å². The van der Waals surface area contributed by atoms with E-state index in [9.17, 15) is 4.79 Å². The van der Waals surface area contributed by atoms with Gasteiger partial charge in [-0.2, -0.15) is 0 Å². The van der Waals surface area contributed by atoms with Gasteiger partial charge in [0.15, 0.2) is 0 Å². The van der Waals surface area contributed by atoms with Crippen LogP contribution in [0.4, 0.5) is 0 Å². The van der Waals surface area contributed by atoms with Gasteiger partial charge in [-0.25, -0.2) is 0 Å². The van der Waals surface area contributed by atoms with Gasteiger partial charge < -0.3 is 9.13 Å². The molecule has 13 rings (SSSR count). The van der Waals surface area contributed by atoms with Gasteiger partial charge in [0.2, 0.25) is 0 Å². The van der Waals surface area contributed by atoms with E-state index in [0.717, 1.165) is 66.3 Å². The van der Waals surface area contributed by atoms with Crippen LogP contribution in [0.1, 0.15) is 11.1 Å². The Kier molecular flexibility index (Phi) is 8.03. The summed E-state index contributed by atoms with van der Waals surface area (Å²) in [6, 6.07) is 72.2. The van der Waals surface area contributed by atoms with Crippen LogP contribution >= 0.6 is 0 Å². The highest BCUT2D eigenvalue weighted by Gasteiger charge is 2.20. The van der Waals surface area contributed by atoms with Crippen molar-refractivity contribution in [3.05, 3.63) is 235 Å². The fraction of sp³-hybridized carbons (Fsp3) is 0. The van der Waals surface area contributed by atoms with Gasteiger partial charge in [0.1, 0.15) is 0 Å². The Labute approximate surface area is 374 Å². The van der Waals surface area contributed by atoms with Gasteiger partial charge in [-0.3, -0.25) is 9.20 Å². The Morgan fingerprint density at radius 2 is 0.738 bits per heavy atom. The third-order valence-corrected chi connectivity index (χ3v) is 13.6. The fourth-order valence-corrected chi connectivity index (χ4v) is 10.6. The zero-order valence-corrected chi connectivity index (χ0v) is 35.4. The average molecular weight is 830 g/mol. The molecule has 4 aromatic heterocycles. The highest BCUT2D eigenvalue weighted by Crippen LogP contribution is 2.41. The monoisotopic (exact) mass is 829 g/mol. The minimum atomic E-state index is -0.0742. The molecule has 0 bridgehead atoms. The van der Waals surface area contributed by atoms with Crippen molar-refractivity contribution in [3.63, 3.8) is 0 Å². The van der Waals surface area contributed by atoms with E-state index >= 15 is 0 Å². The smallest absolute Gasteiger partial charge is 0.263 e. The number of rotatable bonds is 7. The predicted octanol–water partition coefficient (Wildman–Crippen LogP) is 15.5. The quantitative estimate of drug-likeness (QED) is 0.157. The first-order valence-corrected chi connectivity index (χ1v) is 22.0. The Hall–Kier alpha value is -8.73. The molecule has 0 unspecified atom stereocenters. The van der Waals surface area contributed by atoms with E-state index in [2.05, 4.69) is 222 Å². The standard InChI is InChI=1S/C61H39N3O/c1-3-46-47(4-2)61(65)64-59-33-25-41(34-52(59)50-20-13-19-49(46)60(50)64)39-22-28-45(29-23-39)63-55-21-12-11-18-48(55)51-36-42(26-31-56(51)63)43-27-32-58-54(37-43)53-35-40(38-14-7-5-8-15-38)24-30-57(53)62(58)44-16-9-6-10-17-44/h3-37H,1-2H2. The molecule has 0 saturated heterocycles. The number of para-hydroxylation sites is 3. The van der Waals surface area contributed by atoms with Crippen LogP contribution in [0.5, 0.6) is 0 Å². The average Bonchev–Trinajstić information content (AvgIpc) is 4.01. The lowest BCUT2D eigenvalue weighted by Gasteiger charge is -2.10. The first kappa shape index (κ1) is 36.9. The summed E-state index contributed by atoms with van der Waals surface area (Å²) in [4.78, 5) is 13.8. The maximum Gasteiger partial charge on any atom is 0.263 e. The normalized spacial score (nSPS) is 11.9. The summed E-state index contributed by atoms with van der Waals surface area (Å²) < 4.78 is 6.60. The maximum absolute atomic E-state index is 13.8. The second-order valence-electron chi connectivity index (χ2n) is 16.9. The molecule has 0 aliphatic heterocycles. The van der Waals surface area contributed by atoms with Gasteiger partial charge in [-0.15, -0.1) is 0 Å². The summed E-state index contributed by atoms with van der Waals surface area (Å²) >= 11 is 0. The van der Waals surface area contributed by atoms with Gasteiger partial charge in [-0.1, -0.05) is 147 Å². The SMILES string of the molecule is C=Cc1c(C=C)c2cccc3c4cc(-c5ccc(-n6c7ccccc7c7cc(-c8ccc9c(c8)c8cc(-c%10ccccc%10)ccc8n9-c8ccccc8)ccc76)cc5)ccc4n(c1=O)c23. The molecule has 4 nitrogen and oxygen atoms in total. The third-order valence-electron chi connectivity index (χ3n) is 13.6. The summed E-state index contributed by atoms with van der Waals surface area (Å²) in [5, 5.41) is 7.97. The zero-order chi connectivity index (χ0) is 43.3. The van der Waals surface area contributed by atoms with Gasteiger partial charge >= 0.3 is 0 Å². The molecule has 0 atom stereocenters. The van der Waals surface area contributed by atoms with E-state index in [1.807, 2.05) is 4.40 Å². The molecule has 304 valence electrons. The maximum atomic E-state index is 13.8. The Morgan fingerprint density at radius 3 is 1.34 bits per heavy atom. The summed E-state index contributed by atoms with van der Waals surface area (Å²) in [6.07, 6.45) is 3.41. The van der Waals surface area contributed by atoms with Crippen molar-refractivity contribution < 1.29 is 0 Å². The van der Waals surface area contributed by atoms with Crippen LogP contribution in [-0.4, -0.2) is 13.5 Å². The van der Waals surface area contributed by atoms with Crippen molar-refractivity contribution in [2.24, 2.45) is 0 Å². The van der Waals surface area contributed by atoms with Crippen LogP contribution < -0.4 is 5.56 Å². The summed E-state index contributed by atoms with van der Waals surface area (Å²) in [6.45, 7) is 7.98. The minimum absolute atomic E-state index is 0.0742. The lowest BCUT2D eigenvalue weighted by molar-refractivity contribution is 1.17. The number of hydrogen-bond donors (Lipinski definition) is 0. The van der Waals surface area contributed by atoms with E-state index in [0.29, 0.717) is 5.56 Å². The molecular weight excluding hydrogens is 791 g/mol. The van der Waals surface area contributed by atoms with Gasteiger partial charge in [0.25, 0.3) is 5.56 Å². The lowest BCUT2D eigenvalue weighted by atomic mass is 9.99.